The van der Waals surface area contributed by atoms with Crippen molar-refractivity contribution in [2.24, 2.45) is 0 Å². The Bertz CT molecular complexity index is 567. The van der Waals surface area contributed by atoms with Gasteiger partial charge in [-0.1, -0.05) is 19.1 Å². The zero-order valence-electron chi connectivity index (χ0n) is 11.5. The minimum atomic E-state index is -0.333. The molecule has 0 aromatic heterocycles. The first-order valence-electron chi connectivity index (χ1n) is 6.54. The lowest BCUT2D eigenvalue weighted by Crippen LogP contribution is -2.14. The Kier molecular flexibility index (Phi) is 5.15. The molecule has 1 N–H and O–H groups in total. The highest BCUT2D eigenvalue weighted by atomic mass is 79.9. The number of nitrogens with one attached hydrogen (secondary N) is 1. The molecule has 0 amide bonds. The van der Waals surface area contributed by atoms with Gasteiger partial charge in [-0.25, -0.2) is 4.39 Å². The summed E-state index contributed by atoms with van der Waals surface area (Å²) in [6, 6.07) is 12.9. The van der Waals surface area contributed by atoms with E-state index in [0.29, 0.717) is 22.0 Å². The molecule has 0 saturated carbocycles. The van der Waals surface area contributed by atoms with Crippen LogP contribution in [0.2, 0.25) is 0 Å². The summed E-state index contributed by atoms with van der Waals surface area (Å²) in [5.41, 5.74) is 1.21. The molecule has 0 spiro atoms. The summed E-state index contributed by atoms with van der Waals surface area (Å²) in [7, 11) is 1.95. The fraction of sp³-hybridized carbons (Fsp3) is 0.250. The molecule has 0 aliphatic rings. The summed E-state index contributed by atoms with van der Waals surface area (Å²) >= 11 is 3.12. The minimum absolute atomic E-state index is 0.333. The van der Waals surface area contributed by atoms with Crippen molar-refractivity contribution in [2.75, 3.05) is 7.05 Å². The molecule has 1 unspecified atom stereocenters. The van der Waals surface area contributed by atoms with Crippen molar-refractivity contribution in [3.63, 3.8) is 0 Å². The van der Waals surface area contributed by atoms with Gasteiger partial charge in [-0.05, 0) is 59.2 Å². The molecule has 2 nitrogen and oxygen atoms in total. The topological polar surface area (TPSA) is 21.3 Å². The smallest absolute Gasteiger partial charge is 0.141 e. The maximum atomic E-state index is 13.4. The molecular formula is C16H17BrFNO. The largest absolute Gasteiger partial charge is 0.457 e. The van der Waals surface area contributed by atoms with Gasteiger partial charge < -0.3 is 10.1 Å². The van der Waals surface area contributed by atoms with Crippen LogP contribution in [0.5, 0.6) is 11.5 Å². The van der Waals surface area contributed by atoms with E-state index < -0.39 is 0 Å². The molecule has 20 heavy (non-hydrogen) atoms. The van der Waals surface area contributed by atoms with E-state index in [1.54, 1.807) is 12.1 Å². The summed E-state index contributed by atoms with van der Waals surface area (Å²) in [6.45, 7) is 2.14. The van der Waals surface area contributed by atoms with Crippen LogP contribution < -0.4 is 10.1 Å². The molecule has 0 fully saturated rings. The number of benzene rings is 2. The van der Waals surface area contributed by atoms with E-state index in [1.807, 2.05) is 31.3 Å². The first-order chi connectivity index (χ1) is 9.63. The number of ether oxygens (including phenoxy) is 1. The minimum Gasteiger partial charge on any atom is -0.457 e. The molecule has 2 aromatic carbocycles. The Balaban J connectivity index is 2.12. The highest BCUT2D eigenvalue weighted by Crippen LogP contribution is 2.27. The van der Waals surface area contributed by atoms with E-state index in [9.17, 15) is 4.39 Å². The summed E-state index contributed by atoms with van der Waals surface area (Å²) < 4.78 is 19.5. The van der Waals surface area contributed by atoms with Crippen LogP contribution in [0.4, 0.5) is 4.39 Å². The highest BCUT2D eigenvalue weighted by molar-refractivity contribution is 9.10. The van der Waals surface area contributed by atoms with Crippen LogP contribution in [-0.4, -0.2) is 7.05 Å². The molecule has 4 heteroatoms. The Morgan fingerprint density at radius 1 is 1.15 bits per heavy atom. The monoisotopic (exact) mass is 337 g/mol. The van der Waals surface area contributed by atoms with Gasteiger partial charge in [0.1, 0.15) is 17.3 Å². The predicted molar refractivity (Wildman–Crippen MR) is 82.7 cm³/mol. The summed E-state index contributed by atoms with van der Waals surface area (Å²) in [5.74, 6) is 0.848. The second-order valence-electron chi connectivity index (χ2n) is 4.50. The zero-order valence-corrected chi connectivity index (χ0v) is 13.1. The molecule has 106 valence electrons. The second kappa shape index (κ2) is 6.86. The maximum absolute atomic E-state index is 13.4. The third-order valence-corrected chi connectivity index (χ3v) is 3.81. The van der Waals surface area contributed by atoms with Crippen LogP contribution in [-0.2, 0) is 0 Å². The molecule has 2 aromatic rings. The van der Waals surface area contributed by atoms with Crippen molar-refractivity contribution in [1.29, 1.82) is 0 Å². The Morgan fingerprint density at radius 3 is 2.35 bits per heavy atom. The van der Waals surface area contributed by atoms with Crippen molar-refractivity contribution >= 4 is 15.9 Å². The summed E-state index contributed by atoms with van der Waals surface area (Å²) in [4.78, 5) is 0. The van der Waals surface area contributed by atoms with E-state index in [0.717, 1.165) is 6.42 Å². The van der Waals surface area contributed by atoms with E-state index in [4.69, 9.17) is 4.74 Å². The van der Waals surface area contributed by atoms with E-state index >= 15 is 0 Å². The predicted octanol–water partition coefficient (Wildman–Crippen LogP) is 5.05. The summed E-state index contributed by atoms with van der Waals surface area (Å²) in [5, 5.41) is 3.26. The van der Waals surface area contributed by atoms with Gasteiger partial charge in [-0.15, -0.1) is 0 Å². The quantitative estimate of drug-likeness (QED) is 0.824. The average molecular weight is 338 g/mol. The van der Waals surface area contributed by atoms with Gasteiger partial charge in [0, 0.05) is 12.1 Å². The van der Waals surface area contributed by atoms with Gasteiger partial charge >= 0.3 is 0 Å². The third kappa shape index (κ3) is 3.58. The first kappa shape index (κ1) is 15.0. The van der Waals surface area contributed by atoms with Gasteiger partial charge in [0.05, 0.1) is 4.47 Å². The Morgan fingerprint density at radius 2 is 1.80 bits per heavy atom. The lowest BCUT2D eigenvalue weighted by Gasteiger charge is -2.14. The van der Waals surface area contributed by atoms with Crippen LogP contribution in [0, 0.1) is 5.82 Å². The molecule has 0 radical (unpaired) electrons. The van der Waals surface area contributed by atoms with Gasteiger partial charge in [0.2, 0.25) is 0 Å². The lowest BCUT2D eigenvalue weighted by molar-refractivity contribution is 0.475. The first-order valence-corrected chi connectivity index (χ1v) is 7.33. The van der Waals surface area contributed by atoms with Crippen LogP contribution in [0.3, 0.4) is 0 Å². The molecular weight excluding hydrogens is 321 g/mol. The van der Waals surface area contributed by atoms with Gasteiger partial charge in [-0.3, -0.25) is 0 Å². The van der Waals surface area contributed by atoms with Crippen molar-refractivity contribution in [2.45, 2.75) is 19.4 Å². The van der Waals surface area contributed by atoms with Crippen molar-refractivity contribution in [3.05, 3.63) is 58.3 Å². The zero-order chi connectivity index (χ0) is 14.5. The van der Waals surface area contributed by atoms with Crippen molar-refractivity contribution in [1.82, 2.24) is 5.32 Å². The van der Waals surface area contributed by atoms with Gasteiger partial charge in [0.25, 0.3) is 0 Å². The second-order valence-corrected chi connectivity index (χ2v) is 5.35. The fourth-order valence-corrected chi connectivity index (χ4v) is 2.30. The Labute approximate surface area is 127 Å². The Hall–Kier alpha value is -1.39. The van der Waals surface area contributed by atoms with Gasteiger partial charge in [-0.2, -0.15) is 0 Å². The number of hydrogen-bond acceptors (Lipinski definition) is 2. The van der Waals surface area contributed by atoms with Crippen molar-refractivity contribution in [3.8, 4) is 11.5 Å². The normalized spacial score (nSPS) is 12.2. The number of rotatable bonds is 5. The van der Waals surface area contributed by atoms with Crippen LogP contribution in [0.25, 0.3) is 0 Å². The molecule has 1 atom stereocenters. The van der Waals surface area contributed by atoms with Crippen LogP contribution in [0.15, 0.2) is 46.9 Å². The average Bonchev–Trinajstić information content (AvgIpc) is 2.46. The number of hydrogen-bond donors (Lipinski definition) is 1. The summed E-state index contributed by atoms with van der Waals surface area (Å²) in [6.07, 6.45) is 1.02. The molecule has 0 aliphatic heterocycles. The number of halogens is 2. The molecule has 0 heterocycles. The fourth-order valence-electron chi connectivity index (χ4n) is 2.05. The molecule has 2 rings (SSSR count). The van der Waals surface area contributed by atoms with Crippen molar-refractivity contribution < 1.29 is 9.13 Å². The maximum Gasteiger partial charge on any atom is 0.141 e. The molecule has 0 bridgehead atoms. The third-order valence-electron chi connectivity index (χ3n) is 3.17. The molecule has 0 aliphatic carbocycles. The highest BCUT2D eigenvalue weighted by Gasteiger charge is 2.07. The van der Waals surface area contributed by atoms with E-state index in [1.165, 1.54) is 11.6 Å². The van der Waals surface area contributed by atoms with Crippen LogP contribution in [0.1, 0.15) is 24.9 Å². The standard InChI is InChI=1S/C16H17BrFNO/c1-3-16(19-2)11-4-6-12(7-5-11)20-13-8-9-14(17)15(18)10-13/h4-10,16,19H,3H2,1-2H3. The van der Waals surface area contributed by atoms with Crippen LogP contribution >= 0.6 is 15.9 Å². The molecule has 0 saturated heterocycles. The van der Waals surface area contributed by atoms with E-state index in [-0.39, 0.29) is 5.82 Å². The SMILES string of the molecule is CCC(NC)c1ccc(Oc2ccc(Br)c(F)c2)cc1. The lowest BCUT2D eigenvalue weighted by atomic mass is 10.0. The van der Waals surface area contributed by atoms with Gasteiger partial charge in [0.15, 0.2) is 0 Å². The van der Waals surface area contributed by atoms with E-state index in [2.05, 4.69) is 28.2 Å².